The first-order valence-electron chi connectivity index (χ1n) is 10.6. The molecule has 2 amide bonds. The fraction of sp³-hybridized carbons (Fsp3) is 0.304. The molecule has 0 aliphatic carbocycles. The van der Waals surface area contributed by atoms with E-state index >= 15 is 0 Å². The Morgan fingerprint density at radius 1 is 1.12 bits per heavy atom. The molecule has 0 bridgehead atoms. The van der Waals surface area contributed by atoms with Gasteiger partial charge in [0.2, 0.25) is 11.8 Å². The molecule has 34 heavy (non-hydrogen) atoms. The summed E-state index contributed by atoms with van der Waals surface area (Å²) in [5.74, 6) is -1.58. The number of anilines is 1. The molecule has 5 rings (SSSR count). The molecular weight excluding hydrogens is 480 g/mol. The van der Waals surface area contributed by atoms with E-state index in [1.165, 1.54) is 22.8 Å². The van der Waals surface area contributed by atoms with Crippen LogP contribution in [0.25, 0.3) is 0 Å². The molecule has 3 aromatic rings. The van der Waals surface area contributed by atoms with Gasteiger partial charge < -0.3 is 13.9 Å². The highest BCUT2D eigenvalue weighted by molar-refractivity contribution is 8.00. The standard InChI is InChI=1S/C23H20N2O7S2/c1-3-31-15(26)11-24-22-19(34-23(24)29)16(14-5-4-10-32-14)17-18(33-22)21(28)25(20(17)27)12-6-8-13(30-2)9-7-12/h4-10,16-18H,3,11H2,1-2H3/t16-,17-,18+/m0/s1. The number of esters is 1. The van der Waals surface area contributed by atoms with Crippen LogP contribution in [0.15, 0.2) is 56.9 Å². The minimum Gasteiger partial charge on any atom is -0.497 e. The van der Waals surface area contributed by atoms with Gasteiger partial charge in [-0.05, 0) is 43.3 Å². The zero-order chi connectivity index (χ0) is 24.0. The Bertz CT molecular complexity index is 1310. The van der Waals surface area contributed by atoms with Crippen molar-refractivity contribution in [1.29, 1.82) is 0 Å². The van der Waals surface area contributed by atoms with E-state index in [2.05, 4.69) is 0 Å². The van der Waals surface area contributed by atoms with Gasteiger partial charge >= 0.3 is 10.8 Å². The minimum atomic E-state index is -0.778. The van der Waals surface area contributed by atoms with Crippen LogP contribution in [0.1, 0.15) is 23.5 Å². The number of amides is 2. The Balaban J connectivity index is 1.59. The maximum atomic E-state index is 13.6. The van der Waals surface area contributed by atoms with Crippen LogP contribution < -0.4 is 14.5 Å². The van der Waals surface area contributed by atoms with Crippen LogP contribution in [0.2, 0.25) is 0 Å². The highest BCUT2D eigenvalue weighted by atomic mass is 32.2. The summed E-state index contributed by atoms with van der Waals surface area (Å²) in [5, 5.41) is -0.289. The number of thioether (sulfide) groups is 1. The number of rotatable bonds is 6. The van der Waals surface area contributed by atoms with E-state index in [-0.39, 0.29) is 29.8 Å². The molecule has 9 nitrogen and oxygen atoms in total. The van der Waals surface area contributed by atoms with Crippen LogP contribution in [-0.4, -0.2) is 41.3 Å². The summed E-state index contributed by atoms with van der Waals surface area (Å²) < 4.78 is 17.2. The number of imide groups is 1. The number of furan rings is 1. The molecule has 0 radical (unpaired) electrons. The quantitative estimate of drug-likeness (QED) is 0.376. The first-order chi connectivity index (χ1) is 16.4. The van der Waals surface area contributed by atoms with Crippen molar-refractivity contribution in [3.63, 3.8) is 0 Å². The van der Waals surface area contributed by atoms with Crippen molar-refractivity contribution >= 4 is 46.6 Å². The van der Waals surface area contributed by atoms with Crippen molar-refractivity contribution in [2.45, 2.75) is 29.7 Å². The van der Waals surface area contributed by atoms with Crippen LogP contribution in [0, 0.1) is 5.92 Å². The molecule has 2 aromatic heterocycles. The van der Waals surface area contributed by atoms with Crippen molar-refractivity contribution in [2.75, 3.05) is 18.6 Å². The predicted molar refractivity (Wildman–Crippen MR) is 124 cm³/mol. The smallest absolute Gasteiger partial charge is 0.326 e. The molecule has 0 spiro atoms. The molecule has 4 heterocycles. The molecule has 1 saturated heterocycles. The molecule has 0 saturated carbocycles. The number of benzene rings is 1. The van der Waals surface area contributed by atoms with Gasteiger partial charge in [0, 0.05) is 0 Å². The summed E-state index contributed by atoms with van der Waals surface area (Å²) in [5.41, 5.74) is 0.441. The monoisotopic (exact) mass is 500 g/mol. The molecule has 1 fully saturated rings. The number of aromatic nitrogens is 1. The molecule has 2 aliphatic heterocycles. The predicted octanol–water partition coefficient (Wildman–Crippen LogP) is 2.87. The second-order valence-corrected chi connectivity index (χ2v) is 9.82. The average molecular weight is 501 g/mol. The number of hydrogen-bond acceptors (Lipinski definition) is 9. The van der Waals surface area contributed by atoms with E-state index in [1.807, 2.05) is 0 Å². The van der Waals surface area contributed by atoms with Crippen LogP contribution in [-0.2, 0) is 25.7 Å². The number of hydrogen-bond donors (Lipinski definition) is 0. The fourth-order valence-electron chi connectivity index (χ4n) is 4.35. The molecule has 3 atom stereocenters. The Morgan fingerprint density at radius 2 is 1.88 bits per heavy atom. The normalized spacial score (nSPS) is 21.4. The zero-order valence-electron chi connectivity index (χ0n) is 18.3. The number of methoxy groups -OCH3 is 1. The third-order valence-electron chi connectivity index (χ3n) is 5.82. The number of carbonyl (C=O) groups excluding carboxylic acids is 3. The van der Waals surface area contributed by atoms with Gasteiger partial charge in [0.15, 0.2) is 0 Å². The Morgan fingerprint density at radius 3 is 2.53 bits per heavy atom. The third kappa shape index (κ3) is 3.55. The van der Waals surface area contributed by atoms with Crippen molar-refractivity contribution in [1.82, 2.24) is 4.57 Å². The first-order valence-corrected chi connectivity index (χ1v) is 12.2. The number of fused-ring (bicyclic) bond motifs is 2. The maximum Gasteiger partial charge on any atom is 0.326 e. The largest absolute Gasteiger partial charge is 0.497 e. The van der Waals surface area contributed by atoms with Crippen LogP contribution in [0.5, 0.6) is 5.75 Å². The molecule has 0 unspecified atom stereocenters. The fourth-order valence-corrected chi connectivity index (χ4v) is 7.10. The van der Waals surface area contributed by atoms with E-state index < -0.39 is 23.1 Å². The molecule has 0 N–H and O–H groups in total. The van der Waals surface area contributed by atoms with Gasteiger partial charge in [-0.25, -0.2) is 4.90 Å². The summed E-state index contributed by atoms with van der Waals surface area (Å²) in [6.45, 7) is 1.61. The highest BCUT2D eigenvalue weighted by Crippen LogP contribution is 2.53. The van der Waals surface area contributed by atoms with E-state index in [9.17, 15) is 19.2 Å². The van der Waals surface area contributed by atoms with Crippen molar-refractivity contribution < 1.29 is 28.3 Å². The van der Waals surface area contributed by atoms with Gasteiger partial charge in [-0.3, -0.25) is 23.7 Å². The molecule has 1 aromatic carbocycles. The lowest BCUT2D eigenvalue weighted by Crippen LogP contribution is -2.32. The average Bonchev–Trinajstić information content (AvgIpc) is 3.52. The number of thiazole rings is 1. The Hall–Kier alpha value is -3.31. The lowest BCUT2D eigenvalue weighted by Gasteiger charge is -2.28. The molecule has 176 valence electrons. The SMILES string of the molecule is CCOC(=O)Cn1c2c(sc1=O)[C@@H](c1ccco1)[C@@H]1C(=O)N(c3ccc(OC)cc3)C(=O)[C@@H]1S2. The van der Waals surface area contributed by atoms with Gasteiger partial charge in [-0.1, -0.05) is 23.1 Å². The highest BCUT2D eigenvalue weighted by Gasteiger charge is 2.57. The Kier molecular flexibility index (Phi) is 5.82. The summed E-state index contributed by atoms with van der Waals surface area (Å²) >= 11 is 2.10. The van der Waals surface area contributed by atoms with Crippen LogP contribution in [0.4, 0.5) is 5.69 Å². The van der Waals surface area contributed by atoms with Gasteiger partial charge in [-0.2, -0.15) is 0 Å². The third-order valence-corrected chi connectivity index (χ3v) is 8.43. The van der Waals surface area contributed by atoms with Gasteiger partial charge in [0.05, 0.1) is 47.4 Å². The minimum absolute atomic E-state index is 0.191. The van der Waals surface area contributed by atoms with Crippen molar-refractivity contribution in [2.24, 2.45) is 5.92 Å². The molecular formula is C23H20N2O7S2. The summed E-state index contributed by atoms with van der Waals surface area (Å²) in [4.78, 5) is 53.6. The van der Waals surface area contributed by atoms with E-state index in [0.717, 1.165) is 23.1 Å². The zero-order valence-corrected chi connectivity index (χ0v) is 19.9. The van der Waals surface area contributed by atoms with E-state index in [4.69, 9.17) is 13.9 Å². The number of nitrogens with zero attached hydrogens (tertiary/aromatic N) is 2. The second-order valence-electron chi connectivity index (χ2n) is 7.70. The first kappa shape index (κ1) is 22.5. The van der Waals surface area contributed by atoms with Crippen molar-refractivity contribution in [3.8, 4) is 5.75 Å². The van der Waals surface area contributed by atoms with Gasteiger partial charge in [0.25, 0.3) is 0 Å². The van der Waals surface area contributed by atoms with Gasteiger partial charge in [-0.15, -0.1) is 0 Å². The van der Waals surface area contributed by atoms with Crippen LogP contribution >= 0.6 is 23.1 Å². The maximum absolute atomic E-state index is 13.6. The van der Waals surface area contributed by atoms with Crippen LogP contribution in [0.3, 0.4) is 0 Å². The van der Waals surface area contributed by atoms with Crippen molar-refractivity contribution in [3.05, 3.63) is 63.0 Å². The second kappa shape index (κ2) is 8.80. The Labute approximate surface area is 202 Å². The topological polar surface area (TPSA) is 108 Å². The lowest BCUT2D eigenvalue weighted by atomic mass is 9.87. The number of ether oxygens (including phenoxy) is 2. The summed E-state index contributed by atoms with van der Waals surface area (Å²) in [6, 6.07) is 10.1. The molecule has 2 aliphatic rings. The van der Waals surface area contributed by atoms with E-state index in [0.29, 0.717) is 27.1 Å². The summed E-state index contributed by atoms with van der Waals surface area (Å²) in [7, 11) is 1.54. The van der Waals surface area contributed by atoms with Gasteiger partial charge in [0.1, 0.15) is 23.3 Å². The molecule has 11 heteroatoms. The number of carbonyl (C=O) groups is 3. The van der Waals surface area contributed by atoms with E-state index in [1.54, 1.807) is 43.3 Å². The lowest BCUT2D eigenvalue weighted by molar-refractivity contribution is -0.144. The summed E-state index contributed by atoms with van der Waals surface area (Å²) in [6.07, 6.45) is 1.49.